The molecule has 2 rings (SSSR count). The van der Waals surface area contributed by atoms with Gasteiger partial charge in [-0.2, -0.15) is 0 Å². The zero-order valence-electron chi connectivity index (χ0n) is 12.1. The molecule has 6 heteroatoms. The van der Waals surface area contributed by atoms with Crippen molar-refractivity contribution >= 4 is 11.7 Å². The van der Waals surface area contributed by atoms with Gasteiger partial charge in [0.1, 0.15) is 11.6 Å². The largest absolute Gasteiger partial charge is 0.488 e. The second-order valence-electron chi connectivity index (χ2n) is 5.35. The number of carbonyl (C=O) groups is 1. The van der Waals surface area contributed by atoms with E-state index < -0.39 is 11.8 Å². The number of benzene rings is 1. The SMILES string of the molecule is C[C@@H](CO)NC(=O)Nc1ccc(F)cc1OC1CCCC1. The van der Waals surface area contributed by atoms with Gasteiger partial charge in [-0.15, -0.1) is 0 Å². The first kappa shape index (κ1) is 15.6. The van der Waals surface area contributed by atoms with Crippen molar-refractivity contribution in [1.82, 2.24) is 5.32 Å². The van der Waals surface area contributed by atoms with E-state index in [1.54, 1.807) is 6.92 Å². The molecule has 0 saturated heterocycles. The molecule has 2 amide bonds. The maximum atomic E-state index is 13.4. The van der Waals surface area contributed by atoms with Crippen LogP contribution in [0.5, 0.6) is 5.75 Å². The number of nitrogens with one attached hydrogen (secondary N) is 2. The van der Waals surface area contributed by atoms with E-state index in [2.05, 4.69) is 10.6 Å². The molecule has 0 spiro atoms. The molecule has 116 valence electrons. The molecule has 5 nitrogen and oxygen atoms in total. The molecule has 0 bridgehead atoms. The van der Waals surface area contributed by atoms with Crippen LogP contribution in [0.4, 0.5) is 14.9 Å². The molecule has 0 aliphatic heterocycles. The molecule has 1 atom stereocenters. The summed E-state index contributed by atoms with van der Waals surface area (Å²) in [6, 6.07) is 3.21. The minimum absolute atomic E-state index is 0.0757. The van der Waals surface area contributed by atoms with Crippen LogP contribution in [0.15, 0.2) is 18.2 Å². The normalized spacial score (nSPS) is 16.5. The van der Waals surface area contributed by atoms with Crippen LogP contribution in [0, 0.1) is 5.82 Å². The fourth-order valence-corrected chi connectivity index (χ4v) is 2.31. The van der Waals surface area contributed by atoms with Crippen molar-refractivity contribution in [2.75, 3.05) is 11.9 Å². The molecule has 0 radical (unpaired) electrons. The van der Waals surface area contributed by atoms with Crippen molar-refractivity contribution in [2.45, 2.75) is 44.8 Å². The maximum absolute atomic E-state index is 13.4. The lowest BCUT2D eigenvalue weighted by Crippen LogP contribution is -2.38. The fourth-order valence-electron chi connectivity index (χ4n) is 2.31. The predicted octanol–water partition coefficient (Wildman–Crippen LogP) is 2.65. The standard InChI is InChI=1S/C15H21FN2O3/c1-10(9-19)17-15(20)18-13-7-6-11(16)8-14(13)21-12-4-2-3-5-12/h6-8,10,12,19H,2-5,9H2,1H3,(H2,17,18,20)/t10-/m0/s1. The highest BCUT2D eigenvalue weighted by molar-refractivity contribution is 5.91. The lowest BCUT2D eigenvalue weighted by Gasteiger charge is -2.18. The van der Waals surface area contributed by atoms with E-state index in [4.69, 9.17) is 9.84 Å². The summed E-state index contributed by atoms with van der Waals surface area (Å²) >= 11 is 0. The number of hydrogen-bond acceptors (Lipinski definition) is 3. The van der Waals surface area contributed by atoms with Crippen molar-refractivity contribution < 1.29 is 19.0 Å². The molecular formula is C15H21FN2O3. The van der Waals surface area contributed by atoms with E-state index in [1.165, 1.54) is 18.2 Å². The summed E-state index contributed by atoms with van der Waals surface area (Å²) in [4.78, 5) is 11.8. The summed E-state index contributed by atoms with van der Waals surface area (Å²) in [5.74, 6) is -0.0635. The van der Waals surface area contributed by atoms with E-state index in [9.17, 15) is 9.18 Å². The van der Waals surface area contributed by atoms with E-state index >= 15 is 0 Å². The molecule has 1 aromatic carbocycles. The molecule has 0 aromatic heterocycles. The molecule has 1 saturated carbocycles. The third-order valence-corrected chi connectivity index (χ3v) is 3.44. The van der Waals surface area contributed by atoms with Crippen LogP contribution >= 0.6 is 0 Å². The Morgan fingerprint density at radius 1 is 1.48 bits per heavy atom. The van der Waals surface area contributed by atoms with E-state index in [0.29, 0.717) is 11.4 Å². The minimum Gasteiger partial charge on any atom is -0.488 e. The smallest absolute Gasteiger partial charge is 0.319 e. The Labute approximate surface area is 123 Å². The number of urea groups is 1. The highest BCUT2D eigenvalue weighted by atomic mass is 19.1. The summed E-state index contributed by atoms with van der Waals surface area (Å²) in [6.45, 7) is 1.53. The van der Waals surface area contributed by atoms with Gasteiger partial charge in [0.2, 0.25) is 0 Å². The summed E-state index contributed by atoms with van der Waals surface area (Å²) < 4.78 is 19.2. The Hall–Kier alpha value is -1.82. The molecule has 21 heavy (non-hydrogen) atoms. The molecule has 1 fully saturated rings. The molecule has 0 unspecified atom stereocenters. The quantitative estimate of drug-likeness (QED) is 0.782. The predicted molar refractivity (Wildman–Crippen MR) is 78.0 cm³/mol. The van der Waals surface area contributed by atoms with Gasteiger partial charge in [0.15, 0.2) is 0 Å². The summed E-state index contributed by atoms with van der Waals surface area (Å²) in [5, 5.41) is 14.1. The van der Waals surface area contributed by atoms with Crippen LogP contribution in [-0.4, -0.2) is 29.9 Å². The summed E-state index contributed by atoms with van der Waals surface area (Å²) in [5.41, 5.74) is 0.422. The number of amides is 2. The fraction of sp³-hybridized carbons (Fsp3) is 0.533. The van der Waals surface area contributed by atoms with Gasteiger partial charge in [0.25, 0.3) is 0 Å². The number of carbonyl (C=O) groups excluding carboxylic acids is 1. The monoisotopic (exact) mass is 296 g/mol. The first-order valence-electron chi connectivity index (χ1n) is 7.23. The number of aliphatic hydroxyl groups is 1. The lowest BCUT2D eigenvalue weighted by molar-refractivity contribution is 0.209. The minimum atomic E-state index is -0.459. The average Bonchev–Trinajstić information content (AvgIpc) is 2.94. The van der Waals surface area contributed by atoms with Crippen molar-refractivity contribution in [2.24, 2.45) is 0 Å². The Balaban J connectivity index is 2.05. The summed E-state index contributed by atoms with van der Waals surface area (Å²) in [7, 11) is 0. The molecule has 3 N–H and O–H groups in total. The van der Waals surface area contributed by atoms with Gasteiger partial charge in [-0.05, 0) is 44.7 Å². The number of hydrogen-bond donors (Lipinski definition) is 3. The zero-order chi connectivity index (χ0) is 15.2. The van der Waals surface area contributed by atoms with E-state index in [-0.39, 0.29) is 18.8 Å². The lowest BCUT2D eigenvalue weighted by atomic mass is 10.2. The molecule has 1 aromatic rings. The Morgan fingerprint density at radius 2 is 2.19 bits per heavy atom. The Kier molecular flexibility index (Phi) is 5.38. The van der Waals surface area contributed by atoms with Crippen molar-refractivity contribution in [3.05, 3.63) is 24.0 Å². The van der Waals surface area contributed by atoms with Crippen molar-refractivity contribution in [3.8, 4) is 5.75 Å². The number of aliphatic hydroxyl groups excluding tert-OH is 1. The van der Waals surface area contributed by atoms with Gasteiger partial charge in [0.05, 0.1) is 24.4 Å². The first-order chi connectivity index (χ1) is 10.1. The van der Waals surface area contributed by atoms with Crippen LogP contribution in [0.25, 0.3) is 0 Å². The Morgan fingerprint density at radius 3 is 2.86 bits per heavy atom. The first-order valence-corrected chi connectivity index (χ1v) is 7.23. The number of ether oxygens (including phenoxy) is 1. The van der Waals surface area contributed by atoms with Gasteiger partial charge >= 0.3 is 6.03 Å². The highest BCUT2D eigenvalue weighted by Crippen LogP contribution is 2.30. The van der Waals surface area contributed by atoms with Crippen LogP contribution < -0.4 is 15.4 Å². The molecular weight excluding hydrogens is 275 g/mol. The highest BCUT2D eigenvalue weighted by Gasteiger charge is 2.19. The molecule has 1 aliphatic carbocycles. The van der Waals surface area contributed by atoms with Crippen LogP contribution in [-0.2, 0) is 0 Å². The maximum Gasteiger partial charge on any atom is 0.319 e. The van der Waals surface area contributed by atoms with Gasteiger partial charge in [-0.25, -0.2) is 9.18 Å². The summed E-state index contributed by atoms with van der Waals surface area (Å²) in [6.07, 6.45) is 4.19. The van der Waals surface area contributed by atoms with Gasteiger partial charge in [-0.1, -0.05) is 0 Å². The second-order valence-corrected chi connectivity index (χ2v) is 5.35. The number of rotatable bonds is 5. The zero-order valence-corrected chi connectivity index (χ0v) is 12.1. The number of anilines is 1. The van der Waals surface area contributed by atoms with Crippen molar-refractivity contribution in [3.63, 3.8) is 0 Å². The van der Waals surface area contributed by atoms with Gasteiger partial charge < -0.3 is 20.5 Å². The third kappa shape index (κ3) is 4.60. The van der Waals surface area contributed by atoms with E-state index in [1.807, 2.05) is 0 Å². The van der Waals surface area contributed by atoms with Crippen LogP contribution in [0.2, 0.25) is 0 Å². The average molecular weight is 296 g/mol. The number of halogens is 1. The van der Waals surface area contributed by atoms with Gasteiger partial charge in [-0.3, -0.25) is 0 Å². The van der Waals surface area contributed by atoms with Crippen molar-refractivity contribution in [1.29, 1.82) is 0 Å². The van der Waals surface area contributed by atoms with Crippen LogP contribution in [0.3, 0.4) is 0 Å². The topological polar surface area (TPSA) is 70.6 Å². The third-order valence-electron chi connectivity index (χ3n) is 3.44. The molecule has 1 aliphatic rings. The van der Waals surface area contributed by atoms with E-state index in [0.717, 1.165) is 25.7 Å². The van der Waals surface area contributed by atoms with Gasteiger partial charge in [0, 0.05) is 6.07 Å². The second kappa shape index (κ2) is 7.26. The Bertz CT molecular complexity index is 490. The van der Waals surface area contributed by atoms with Crippen LogP contribution in [0.1, 0.15) is 32.6 Å². The molecule has 0 heterocycles.